The van der Waals surface area contributed by atoms with E-state index in [1.54, 1.807) is 0 Å². The van der Waals surface area contributed by atoms with E-state index in [9.17, 15) is 4.79 Å². The SMILES string of the molecule is CCC(Cc1cccc(Br)c1)C(=O)N1CCC(CN)C1. The molecule has 1 aliphatic rings. The predicted molar refractivity (Wildman–Crippen MR) is 85.4 cm³/mol. The molecule has 0 bridgehead atoms. The van der Waals surface area contributed by atoms with E-state index in [4.69, 9.17) is 5.73 Å². The predicted octanol–water partition coefficient (Wildman–Crippen LogP) is 2.83. The number of rotatable bonds is 5. The molecular weight excluding hydrogens is 316 g/mol. The Kier molecular flexibility index (Phi) is 5.61. The number of amides is 1. The summed E-state index contributed by atoms with van der Waals surface area (Å²) in [5.41, 5.74) is 6.92. The molecule has 1 saturated heterocycles. The quantitative estimate of drug-likeness (QED) is 0.897. The molecule has 0 aliphatic carbocycles. The lowest BCUT2D eigenvalue weighted by molar-refractivity contribution is -0.134. The van der Waals surface area contributed by atoms with Crippen molar-refractivity contribution in [3.8, 4) is 0 Å². The van der Waals surface area contributed by atoms with Gasteiger partial charge in [-0.15, -0.1) is 0 Å². The summed E-state index contributed by atoms with van der Waals surface area (Å²) in [4.78, 5) is 14.6. The zero-order chi connectivity index (χ0) is 14.5. The molecule has 4 heteroatoms. The number of nitrogens with zero attached hydrogens (tertiary/aromatic N) is 1. The van der Waals surface area contributed by atoms with Gasteiger partial charge in [0.25, 0.3) is 0 Å². The monoisotopic (exact) mass is 338 g/mol. The van der Waals surface area contributed by atoms with Crippen molar-refractivity contribution >= 4 is 21.8 Å². The second kappa shape index (κ2) is 7.23. The fraction of sp³-hybridized carbons (Fsp3) is 0.562. The maximum absolute atomic E-state index is 12.6. The summed E-state index contributed by atoms with van der Waals surface area (Å²) < 4.78 is 1.07. The molecular formula is C16H23BrN2O. The van der Waals surface area contributed by atoms with Crippen molar-refractivity contribution in [1.82, 2.24) is 4.90 Å². The third-order valence-electron chi connectivity index (χ3n) is 4.14. The number of hydrogen-bond donors (Lipinski definition) is 1. The molecule has 1 fully saturated rings. The first-order valence-corrected chi connectivity index (χ1v) is 8.16. The van der Waals surface area contributed by atoms with Crippen LogP contribution in [0.25, 0.3) is 0 Å². The third-order valence-corrected chi connectivity index (χ3v) is 4.64. The van der Waals surface area contributed by atoms with Crippen molar-refractivity contribution in [1.29, 1.82) is 0 Å². The highest BCUT2D eigenvalue weighted by Gasteiger charge is 2.29. The van der Waals surface area contributed by atoms with Gasteiger partial charge in [-0.2, -0.15) is 0 Å². The topological polar surface area (TPSA) is 46.3 Å². The maximum Gasteiger partial charge on any atom is 0.226 e. The second-order valence-corrected chi connectivity index (χ2v) is 6.53. The Morgan fingerprint density at radius 2 is 2.35 bits per heavy atom. The highest BCUT2D eigenvalue weighted by molar-refractivity contribution is 9.10. The molecule has 0 aromatic heterocycles. The highest BCUT2D eigenvalue weighted by Crippen LogP contribution is 2.22. The molecule has 1 heterocycles. The van der Waals surface area contributed by atoms with Crippen molar-refractivity contribution < 1.29 is 4.79 Å². The first-order valence-electron chi connectivity index (χ1n) is 7.37. The molecule has 0 saturated carbocycles. The maximum atomic E-state index is 12.6. The average molecular weight is 339 g/mol. The van der Waals surface area contributed by atoms with Gasteiger partial charge in [0.1, 0.15) is 0 Å². The van der Waals surface area contributed by atoms with Gasteiger partial charge in [0, 0.05) is 23.5 Å². The fourth-order valence-corrected chi connectivity index (χ4v) is 3.28. The normalized spacial score (nSPS) is 20.1. The largest absolute Gasteiger partial charge is 0.342 e. The molecule has 20 heavy (non-hydrogen) atoms. The number of carbonyl (C=O) groups excluding carboxylic acids is 1. The van der Waals surface area contributed by atoms with E-state index in [1.807, 2.05) is 17.0 Å². The van der Waals surface area contributed by atoms with E-state index in [1.165, 1.54) is 5.56 Å². The van der Waals surface area contributed by atoms with E-state index in [0.29, 0.717) is 18.4 Å². The van der Waals surface area contributed by atoms with Crippen LogP contribution in [0.15, 0.2) is 28.7 Å². The molecule has 2 atom stereocenters. The van der Waals surface area contributed by atoms with Gasteiger partial charge in [-0.25, -0.2) is 0 Å². The van der Waals surface area contributed by atoms with Gasteiger partial charge in [0.2, 0.25) is 5.91 Å². The molecule has 0 radical (unpaired) electrons. The number of hydrogen-bond acceptors (Lipinski definition) is 2. The zero-order valence-electron chi connectivity index (χ0n) is 12.0. The number of carbonyl (C=O) groups is 1. The minimum atomic E-state index is 0.0841. The molecule has 2 rings (SSSR count). The van der Waals surface area contributed by atoms with E-state index in [2.05, 4.69) is 35.0 Å². The van der Waals surface area contributed by atoms with E-state index in [-0.39, 0.29) is 5.92 Å². The van der Waals surface area contributed by atoms with Crippen molar-refractivity contribution in [2.75, 3.05) is 19.6 Å². The first kappa shape index (κ1) is 15.5. The molecule has 2 N–H and O–H groups in total. The highest BCUT2D eigenvalue weighted by atomic mass is 79.9. The van der Waals surface area contributed by atoms with Crippen LogP contribution in [-0.2, 0) is 11.2 Å². The van der Waals surface area contributed by atoms with E-state index < -0.39 is 0 Å². The van der Waals surface area contributed by atoms with E-state index >= 15 is 0 Å². The lowest BCUT2D eigenvalue weighted by Crippen LogP contribution is -2.35. The summed E-state index contributed by atoms with van der Waals surface area (Å²) in [6.07, 6.45) is 2.75. The van der Waals surface area contributed by atoms with Gasteiger partial charge in [0.05, 0.1) is 0 Å². The standard InChI is InChI=1S/C16H23BrN2O/c1-2-14(8-12-4-3-5-15(17)9-12)16(20)19-7-6-13(10-18)11-19/h3-5,9,13-14H,2,6-8,10-11,18H2,1H3. The van der Waals surface area contributed by atoms with Crippen LogP contribution in [0.4, 0.5) is 0 Å². The van der Waals surface area contributed by atoms with Gasteiger partial charge >= 0.3 is 0 Å². The lowest BCUT2D eigenvalue weighted by Gasteiger charge is -2.23. The summed E-state index contributed by atoms with van der Waals surface area (Å²) in [5.74, 6) is 0.867. The summed E-state index contributed by atoms with van der Waals surface area (Å²) in [5, 5.41) is 0. The van der Waals surface area contributed by atoms with Crippen LogP contribution in [0.5, 0.6) is 0 Å². The zero-order valence-corrected chi connectivity index (χ0v) is 13.6. The Morgan fingerprint density at radius 3 is 2.95 bits per heavy atom. The number of benzene rings is 1. The molecule has 0 spiro atoms. The molecule has 1 amide bonds. The van der Waals surface area contributed by atoms with Crippen molar-refractivity contribution in [2.24, 2.45) is 17.6 Å². The first-order chi connectivity index (χ1) is 9.63. The van der Waals surface area contributed by atoms with Crippen LogP contribution in [0.3, 0.4) is 0 Å². The minimum absolute atomic E-state index is 0.0841. The summed E-state index contributed by atoms with van der Waals surface area (Å²) in [6.45, 7) is 4.49. The van der Waals surface area contributed by atoms with Crippen LogP contribution >= 0.6 is 15.9 Å². The van der Waals surface area contributed by atoms with Crippen molar-refractivity contribution in [2.45, 2.75) is 26.2 Å². The number of nitrogens with two attached hydrogens (primary N) is 1. The Labute approximate surface area is 129 Å². The van der Waals surface area contributed by atoms with Crippen LogP contribution in [0, 0.1) is 11.8 Å². The van der Waals surface area contributed by atoms with Gasteiger partial charge in [-0.3, -0.25) is 4.79 Å². The molecule has 1 aliphatic heterocycles. The van der Waals surface area contributed by atoms with Crippen LogP contribution in [0.1, 0.15) is 25.3 Å². The molecule has 110 valence electrons. The molecule has 3 nitrogen and oxygen atoms in total. The lowest BCUT2D eigenvalue weighted by atomic mass is 9.95. The van der Waals surface area contributed by atoms with E-state index in [0.717, 1.165) is 36.8 Å². The smallest absolute Gasteiger partial charge is 0.226 e. The molecule has 2 unspecified atom stereocenters. The average Bonchev–Trinajstić information content (AvgIpc) is 2.93. The summed E-state index contributed by atoms with van der Waals surface area (Å²) in [7, 11) is 0. The van der Waals surface area contributed by atoms with Crippen LogP contribution in [-0.4, -0.2) is 30.4 Å². The molecule has 1 aromatic carbocycles. The number of halogens is 1. The van der Waals surface area contributed by atoms with Gasteiger partial charge in [-0.05, 0) is 49.4 Å². The van der Waals surface area contributed by atoms with Crippen LogP contribution < -0.4 is 5.73 Å². The van der Waals surface area contributed by atoms with Crippen LogP contribution in [0.2, 0.25) is 0 Å². The van der Waals surface area contributed by atoms with Gasteiger partial charge in [0.15, 0.2) is 0 Å². The minimum Gasteiger partial charge on any atom is -0.342 e. The Bertz CT molecular complexity index is 464. The third kappa shape index (κ3) is 3.83. The molecule has 1 aromatic rings. The summed E-state index contributed by atoms with van der Waals surface area (Å²) >= 11 is 3.49. The Morgan fingerprint density at radius 1 is 1.55 bits per heavy atom. The number of likely N-dealkylation sites (tertiary alicyclic amines) is 1. The van der Waals surface area contributed by atoms with Gasteiger partial charge < -0.3 is 10.6 Å². The van der Waals surface area contributed by atoms with Crippen molar-refractivity contribution in [3.05, 3.63) is 34.3 Å². The van der Waals surface area contributed by atoms with Gasteiger partial charge in [-0.1, -0.05) is 35.0 Å². The summed E-state index contributed by atoms with van der Waals surface area (Å²) in [6, 6.07) is 8.23. The Hall–Kier alpha value is -0.870. The fourth-order valence-electron chi connectivity index (χ4n) is 2.84. The Balaban J connectivity index is 1.99. The second-order valence-electron chi connectivity index (χ2n) is 5.61. The van der Waals surface area contributed by atoms with Crippen molar-refractivity contribution in [3.63, 3.8) is 0 Å².